The molecule has 2 nitrogen and oxygen atoms in total. The highest BCUT2D eigenvalue weighted by molar-refractivity contribution is 4.78. The van der Waals surface area contributed by atoms with Gasteiger partial charge in [-0.05, 0) is 26.3 Å². The molecule has 0 aromatic heterocycles. The molecule has 1 fully saturated rings. The highest BCUT2D eigenvalue weighted by Gasteiger charge is 2.16. The fourth-order valence-electron chi connectivity index (χ4n) is 1.72. The summed E-state index contributed by atoms with van der Waals surface area (Å²) in [5, 5.41) is 6.96. The molecule has 0 saturated carbocycles. The second-order valence-corrected chi connectivity index (χ2v) is 3.50. The van der Waals surface area contributed by atoms with Crippen molar-refractivity contribution in [3.63, 3.8) is 0 Å². The number of piperidine rings is 1. The molecule has 0 aromatic rings. The van der Waals surface area contributed by atoms with Gasteiger partial charge in [-0.15, -0.1) is 0 Å². The van der Waals surface area contributed by atoms with Crippen LogP contribution in [0, 0.1) is 0 Å². The molecule has 66 valence electrons. The van der Waals surface area contributed by atoms with Gasteiger partial charge in [0.05, 0.1) is 0 Å². The van der Waals surface area contributed by atoms with Crippen molar-refractivity contribution in [1.82, 2.24) is 10.6 Å². The lowest BCUT2D eigenvalue weighted by molar-refractivity contribution is 0.326. The van der Waals surface area contributed by atoms with E-state index in [0.717, 1.165) is 25.2 Å². The fraction of sp³-hybridized carbons (Fsp3) is 1.00. The van der Waals surface area contributed by atoms with E-state index in [9.17, 15) is 0 Å². The summed E-state index contributed by atoms with van der Waals surface area (Å²) in [6.45, 7) is 6.66. The standard InChI is InChI=1S/C9H20N2/c1-3-10-7-9-6-4-5-8(2)11-9/h8-11H,3-7H2,1-2H3. The Hall–Kier alpha value is -0.0800. The molecule has 2 unspecified atom stereocenters. The van der Waals surface area contributed by atoms with E-state index in [4.69, 9.17) is 0 Å². The van der Waals surface area contributed by atoms with Gasteiger partial charge in [0.1, 0.15) is 0 Å². The first-order chi connectivity index (χ1) is 5.33. The molecule has 0 aliphatic carbocycles. The molecule has 0 spiro atoms. The minimum Gasteiger partial charge on any atom is -0.315 e. The molecule has 0 bridgehead atoms. The summed E-state index contributed by atoms with van der Waals surface area (Å²) in [5.41, 5.74) is 0. The predicted molar refractivity (Wildman–Crippen MR) is 48.8 cm³/mol. The lowest BCUT2D eigenvalue weighted by Gasteiger charge is -2.28. The van der Waals surface area contributed by atoms with Gasteiger partial charge >= 0.3 is 0 Å². The molecule has 0 radical (unpaired) electrons. The first kappa shape index (κ1) is 9.01. The number of hydrogen-bond acceptors (Lipinski definition) is 2. The van der Waals surface area contributed by atoms with E-state index in [0.29, 0.717) is 0 Å². The molecular weight excluding hydrogens is 136 g/mol. The summed E-state index contributed by atoms with van der Waals surface area (Å²) < 4.78 is 0. The van der Waals surface area contributed by atoms with Crippen molar-refractivity contribution in [2.24, 2.45) is 0 Å². The zero-order valence-corrected chi connectivity index (χ0v) is 7.69. The summed E-state index contributed by atoms with van der Waals surface area (Å²) in [7, 11) is 0. The third kappa shape index (κ3) is 3.21. The van der Waals surface area contributed by atoms with Gasteiger partial charge in [0.15, 0.2) is 0 Å². The average molecular weight is 156 g/mol. The molecular formula is C9H20N2. The molecule has 1 saturated heterocycles. The van der Waals surface area contributed by atoms with E-state index in [1.807, 2.05) is 0 Å². The molecule has 1 aliphatic heterocycles. The maximum atomic E-state index is 3.59. The largest absolute Gasteiger partial charge is 0.315 e. The third-order valence-electron chi connectivity index (χ3n) is 2.35. The summed E-state index contributed by atoms with van der Waals surface area (Å²) in [5.74, 6) is 0. The Balaban J connectivity index is 2.12. The Labute approximate surface area is 69.8 Å². The number of nitrogens with one attached hydrogen (secondary N) is 2. The third-order valence-corrected chi connectivity index (χ3v) is 2.35. The van der Waals surface area contributed by atoms with E-state index in [1.165, 1.54) is 19.3 Å². The number of likely N-dealkylation sites (N-methyl/N-ethyl adjacent to an activating group) is 1. The lowest BCUT2D eigenvalue weighted by atomic mass is 10.00. The van der Waals surface area contributed by atoms with Gasteiger partial charge in [0.25, 0.3) is 0 Å². The number of rotatable bonds is 3. The zero-order valence-electron chi connectivity index (χ0n) is 7.69. The van der Waals surface area contributed by atoms with Crippen LogP contribution in [0.25, 0.3) is 0 Å². The van der Waals surface area contributed by atoms with Crippen LogP contribution in [-0.2, 0) is 0 Å². The second-order valence-electron chi connectivity index (χ2n) is 3.50. The molecule has 1 heterocycles. The number of hydrogen-bond donors (Lipinski definition) is 2. The van der Waals surface area contributed by atoms with Crippen molar-refractivity contribution in [3.05, 3.63) is 0 Å². The van der Waals surface area contributed by atoms with Gasteiger partial charge in [0, 0.05) is 18.6 Å². The smallest absolute Gasteiger partial charge is 0.0194 e. The van der Waals surface area contributed by atoms with Crippen molar-refractivity contribution >= 4 is 0 Å². The summed E-state index contributed by atoms with van der Waals surface area (Å²) in [6.07, 6.45) is 4.09. The van der Waals surface area contributed by atoms with Crippen molar-refractivity contribution in [2.75, 3.05) is 13.1 Å². The summed E-state index contributed by atoms with van der Waals surface area (Å²) in [6, 6.07) is 1.45. The van der Waals surface area contributed by atoms with Gasteiger partial charge in [-0.1, -0.05) is 13.3 Å². The van der Waals surface area contributed by atoms with Gasteiger partial charge in [0.2, 0.25) is 0 Å². The summed E-state index contributed by atoms with van der Waals surface area (Å²) in [4.78, 5) is 0. The molecule has 2 heteroatoms. The van der Waals surface area contributed by atoms with E-state index >= 15 is 0 Å². The lowest BCUT2D eigenvalue weighted by Crippen LogP contribution is -2.46. The highest BCUT2D eigenvalue weighted by atomic mass is 15.0. The predicted octanol–water partition coefficient (Wildman–Crippen LogP) is 1.13. The molecule has 1 aliphatic rings. The fourth-order valence-corrected chi connectivity index (χ4v) is 1.72. The maximum Gasteiger partial charge on any atom is 0.0194 e. The van der Waals surface area contributed by atoms with Crippen molar-refractivity contribution in [3.8, 4) is 0 Å². The maximum absolute atomic E-state index is 3.59. The Morgan fingerprint density at radius 2 is 2.27 bits per heavy atom. The topological polar surface area (TPSA) is 24.1 Å². The molecule has 0 aromatic carbocycles. The van der Waals surface area contributed by atoms with Crippen LogP contribution in [0.4, 0.5) is 0 Å². The van der Waals surface area contributed by atoms with Crippen LogP contribution in [-0.4, -0.2) is 25.2 Å². The molecule has 2 N–H and O–H groups in total. The Morgan fingerprint density at radius 3 is 2.91 bits per heavy atom. The zero-order chi connectivity index (χ0) is 8.10. The SMILES string of the molecule is CCNCC1CCCC(C)N1. The minimum absolute atomic E-state index is 0.721. The average Bonchev–Trinajstić information content (AvgIpc) is 2.01. The van der Waals surface area contributed by atoms with E-state index in [1.54, 1.807) is 0 Å². The normalized spacial score (nSPS) is 32.2. The van der Waals surface area contributed by atoms with Crippen molar-refractivity contribution in [2.45, 2.75) is 45.2 Å². The second kappa shape index (κ2) is 4.73. The van der Waals surface area contributed by atoms with Crippen molar-refractivity contribution in [1.29, 1.82) is 0 Å². The van der Waals surface area contributed by atoms with E-state index in [2.05, 4.69) is 24.5 Å². The van der Waals surface area contributed by atoms with Gasteiger partial charge < -0.3 is 10.6 Å². The Morgan fingerprint density at radius 1 is 1.45 bits per heavy atom. The van der Waals surface area contributed by atoms with Gasteiger partial charge in [-0.3, -0.25) is 0 Å². The quantitative estimate of drug-likeness (QED) is 0.640. The highest BCUT2D eigenvalue weighted by Crippen LogP contribution is 2.11. The van der Waals surface area contributed by atoms with Crippen molar-refractivity contribution < 1.29 is 0 Å². The molecule has 1 rings (SSSR count). The van der Waals surface area contributed by atoms with Gasteiger partial charge in [-0.2, -0.15) is 0 Å². The van der Waals surface area contributed by atoms with E-state index in [-0.39, 0.29) is 0 Å². The van der Waals surface area contributed by atoms with Crippen LogP contribution >= 0.6 is 0 Å². The Kier molecular flexibility index (Phi) is 3.87. The summed E-state index contributed by atoms with van der Waals surface area (Å²) >= 11 is 0. The van der Waals surface area contributed by atoms with Gasteiger partial charge in [-0.25, -0.2) is 0 Å². The van der Waals surface area contributed by atoms with E-state index < -0.39 is 0 Å². The molecule has 11 heavy (non-hydrogen) atoms. The van der Waals surface area contributed by atoms with Crippen LogP contribution in [0.3, 0.4) is 0 Å². The van der Waals surface area contributed by atoms with Crippen LogP contribution in [0.15, 0.2) is 0 Å². The first-order valence-electron chi connectivity index (χ1n) is 4.79. The molecule has 0 amide bonds. The Bertz CT molecular complexity index is 104. The van der Waals surface area contributed by atoms with Crippen LogP contribution in [0.1, 0.15) is 33.1 Å². The molecule has 2 atom stereocenters. The minimum atomic E-state index is 0.721. The monoisotopic (exact) mass is 156 g/mol. The first-order valence-corrected chi connectivity index (χ1v) is 4.79. The van der Waals surface area contributed by atoms with Crippen LogP contribution in [0.5, 0.6) is 0 Å². The van der Waals surface area contributed by atoms with Crippen LogP contribution in [0.2, 0.25) is 0 Å². The van der Waals surface area contributed by atoms with Crippen LogP contribution < -0.4 is 10.6 Å².